The second-order valence-corrected chi connectivity index (χ2v) is 6.18. The second-order valence-electron chi connectivity index (χ2n) is 6.18. The average molecular weight is 272 g/mol. The molecule has 2 heteroatoms. The van der Waals surface area contributed by atoms with Crippen LogP contribution in [-0.4, -0.2) is 26.4 Å². The number of ether oxygens (including phenoxy) is 2. The molecule has 0 saturated carbocycles. The van der Waals surface area contributed by atoms with E-state index >= 15 is 0 Å². The van der Waals surface area contributed by atoms with Crippen molar-refractivity contribution < 1.29 is 9.47 Å². The van der Waals surface area contributed by atoms with Gasteiger partial charge in [0.15, 0.2) is 0 Å². The maximum absolute atomic E-state index is 5.77. The van der Waals surface area contributed by atoms with Gasteiger partial charge in [0.05, 0.1) is 13.2 Å². The molecule has 0 rings (SSSR count). The Bertz CT molecular complexity index is 182. The monoisotopic (exact) mass is 272 g/mol. The van der Waals surface area contributed by atoms with E-state index in [4.69, 9.17) is 9.47 Å². The molecule has 0 N–H and O–H groups in total. The Morgan fingerprint density at radius 3 is 1.84 bits per heavy atom. The number of hydrogen-bond donors (Lipinski definition) is 0. The molecule has 2 nitrogen and oxygen atoms in total. The van der Waals surface area contributed by atoms with Crippen LogP contribution in [0.3, 0.4) is 0 Å². The highest BCUT2D eigenvalue weighted by atomic mass is 16.5. The molecular formula is C17H36O2. The van der Waals surface area contributed by atoms with Crippen molar-refractivity contribution in [3.63, 3.8) is 0 Å². The fourth-order valence-corrected chi connectivity index (χ4v) is 2.84. The van der Waals surface area contributed by atoms with Gasteiger partial charge in [-0.2, -0.15) is 0 Å². The van der Waals surface area contributed by atoms with Crippen LogP contribution in [0.25, 0.3) is 0 Å². The normalized spacial score (nSPS) is 12.3. The summed E-state index contributed by atoms with van der Waals surface area (Å²) in [6.45, 7) is 14.4. The van der Waals surface area contributed by atoms with Gasteiger partial charge in [0.2, 0.25) is 0 Å². The van der Waals surface area contributed by atoms with E-state index in [1.807, 2.05) is 0 Å². The van der Waals surface area contributed by atoms with E-state index < -0.39 is 0 Å². The molecule has 0 aromatic heterocycles. The molecule has 0 amide bonds. The summed E-state index contributed by atoms with van der Waals surface area (Å²) in [7, 11) is 0. The van der Waals surface area contributed by atoms with Crippen LogP contribution in [-0.2, 0) is 9.47 Å². The summed E-state index contributed by atoms with van der Waals surface area (Å²) >= 11 is 0. The molecule has 0 aromatic rings. The second kappa shape index (κ2) is 11.7. The van der Waals surface area contributed by atoms with Gasteiger partial charge in [-0.05, 0) is 32.6 Å². The van der Waals surface area contributed by atoms with Gasteiger partial charge in [-0.25, -0.2) is 0 Å². The van der Waals surface area contributed by atoms with Crippen LogP contribution in [0.15, 0.2) is 0 Å². The Morgan fingerprint density at radius 1 is 0.842 bits per heavy atom. The van der Waals surface area contributed by atoms with Crippen LogP contribution in [0.4, 0.5) is 0 Å². The number of rotatable bonds is 13. The maximum atomic E-state index is 5.77. The Morgan fingerprint density at radius 2 is 1.42 bits per heavy atom. The SMILES string of the molecule is CCCCCCC(COCC)(COCC)CC(C)C. The van der Waals surface area contributed by atoms with Crippen molar-refractivity contribution in [3.8, 4) is 0 Å². The Kier molecular flexibility index (Phi) is 11.7. The van der Waals surface area contributed by atoms with Crippen molar-refractivity contribution in [2.75, 3.05) is 26.4 Å². The van der Waals surface area contributed by atoms with Crippen molar-refractivity contribution in [3.05, 3.63) is 0 Å². The lowest BCUT2D eigenvalue weighted by atomic mass is 9.77. The largest absolute Gasteiger partial charge is 0.381 e. The average Bonchev–Trinajstić information content (AvgIpc) is 2.38. The topological polar surface area (TPSA) is 18.5 Å². The molecule has 0 spiro atoms. The minimum absolute atomic E-state index is 0.230. The lowest BCUT2D eigenvalue weighted by molar-refractivity contribution is -0.0341. The Labute approximate surface area is 121 Å². The maximum Gasteiger partial charge on any atom is 0.0544 e. The first-order valence-electron chi connectivity index (χ1n) is 8.25. The fraction of sp³-hybridized carbons (Fsp3) is 1.00. The van der Waals surface area contributed by atoms with Crippen molar-refractivity contribution >= 4 is 0 Å². The van der Waals surface area contributed by atoms with E-state index in [1.54, 1.807) is 0 Å². The highest BCUT2D eigenvalue weighted by molar-refractivity contribution is 4.80. The molecule has 0 saturated heterocycles. The Balaban J connectivity index is 4.48. The van der Waals surface area contributed by atoms with E-state index in [2.05, 4.69) is 34.6 Å². The number of hydrogen-bond acceptors (Lipinski definition) is 2. The smallest absolute Gasteiger partial charge is 0.0544 e. The predicted molar refractivity (Wildman–Crippen MR) is 83.6 cm³/mol. The summed E-state index contributed by atoms with van der Waals surface area (Å²) in [6, 6.07) is 0. The molecule has 0 unspecified atom stereocenters. The molecule has 0 radical (unpaired) electrons. The van der Waals surface area contributed by atoms with Crippen LogP contribution in [0, 0.1) is 11.3 Å². The van der Waals surface area contributed by atoms with Gasteiger partial charge >= 0.3 is 0 Å². The summed E-state index contributed by atoms with van der Waals surface area (Å²) < 4.78 is 11.5. The van der Waals surface area contributed by atoms with Crippen LogP contribution < -0.4 is 0 Å². The van der Waals surface area contributed by atoms with Crippen LogP contribution >= 0.6 is 0 Å². The van der Waals surface area contributed by atoms with Gasteiger partial charge in [-0.15, -0.1) is 0 Å². The zero-order valence-electron chi connectivity index (χ0n) is 14.0. The summed E-state index contributed by atoms with van der Waals surface area (Å²) in [5, 5.41) is 0. The molecule has 0 fully saturated rings. The molecule has 0 aliphatic rings. The van der Waals surface area contributed by atoms with Crippen molar-refractivity contribution in [1.29, 1.82) is 0 Å². The molecule has 0 aliphatic carbocycles. The van der Waals surface area contributed by atoms with Gasteiger partial charge in [-0.1, -0.05) is 46.5 Å². The minimum Gasteiger partial charge on any atom is -0.381 e. The summed E-state index contributed by atoms with van der Waals surface area (Å²) in [4.78, 5) is 0. The first-order chi connectivity index (χ1) is 9.10. The van der Waals surface area contributed by atoms with E-state index in [9.17, 15) is 0 Å². The molecule has 19 heavy (non-hydrogen) atoms. The van der Waals surface area contributed by atoms with Gasteiger partial charge in [0.1, 0.15) is 0 Å². The highest BCUT2D eigenvalue weighted by Gasteiger charge is 2.31. The van der Waals surface area contributed by atoms with Crippen molar-refractivity contribution in [2.45, 2.75) is 73.1 Å². The van der Waals surface area contributed by atoms with E-state index in [-0.39, 0.29) is 5.41 Å². The molecule has 0 aliphatic heterocycles. The van der Waals surface area contributed by atoms with Gasteiger partial charge < -0.3 is 9.47 Å². The third kappa shape index (κ3) is 9.45. The molecule has 0 bridgehead atoms. The number of unbranched alkanes of at least 4 members (excludes halogenated alkanes) is 3. The zero-order chi connectivity index (χ0) is 14.6. The fourth-order valence-electron chi connectivity index (χ4n) is 2.84. The standard InChI is InChI=1S/C17H36O2/c1-6-9-10-11-12-17(13-16(4)5,14-18-7-2)15-19-8-3/h16H,6-15H2,1-5H3. The highest BCUT2D eigenvalue weighted by Crippen LogP contribution is 2.34. The third-order valence-corrected chi connectivity index (χ3v) is 3.63. The summed E-state index contributed by atoms with van der Waals surface area (Å²) in [5.74, 6) is 0.701. The van der Waals surface area contributed by atoms with E-state index in [1.165, 1.54) is 38.5 Å². The molecular weight excluding hydrogens is 236 g/mol. The van der Waals surface area contributed by atoms with Crippen LogP contribution in [0.1, 0.15) is 73.1 Å². The van der Waals surface area contributed by atoms with Gasteiger partial charge in [0.25, 0.3) is 0 Å². The van der Waals surface area contributed by atoms with E-state index in [0.717, 1.165) is 26.4 Å². The molecule has 0 heterocycles. The lowest BCUT2D eigenvalue weighted by Crippen LogP contribution is -2.34. The first kappa shape index (κ1) is 18.9. The van der Waals surface area contributed by atoms with Crippen LogP contribution in [0.2, 0.25) is 0 Å². The zero-order valence-corrected chi connectivity index (χ0v) is 14.0. The summed E-state index contributed by atoms with van der Waals surface area (Å²) in [5.41, 5.74) is 0.230. The lowest BCUT2D eigenvalue weighted by Gasteiger charge is -2.35. The minimum atomic E-state index is 0.230. The predicted octanol–water partition coefficient (Wildman–Crippen LogP) is 5.06. The van der Waals surface area contributed by atoms with Crippen molar-refractivity contribution in [2.24, 2.45) is 11.3 Å². The van der Waals surface area contributed by atoms with Crippen LogP contribution in [0.5, 0.6) is 0 Å². The molecule has 0 atom stereocenters. The van der Waals surface area contributed by atoms with E-state index in [0.29, 0.717) is 5.92 Å². The summed E-state index contributed by atoms with van der Waals surface area (Å²) in [6.07, 6.45) is 7.74. The third-order valence-electron chi connectivity index (χ3n) is 3.63. The first-order valence-corrected chi connectivity index (χ1v) is 8.25. The molecule has 0 aromatic carbocycles. The molecule has 116 valence electrons. The quantitative estimate of drug-likeness (QED) is 0.436. The van der Waals surface area contributed by atoms with Crippen molar-refractivity contribution in [1.82, 2.24) is 0 Å². The van der Waals surface area contributed by atoms with Gasteiger partial charge in [-0.3, -0.25) is 0 Å². The Hall–Kier alpha value is -0.0800. The van der Waals surface area contributed by atoms with Gasteiger partial charge in [0, 0.05) is 18.6 Å².